The summed E-state index contributed by atoms with van der Waals surface area (Å²) in [7, 11) is 0. The summed E-state index contributed by atoms with van der Waals surface area (Å²) in [5.74, 6) is 0.841. The Balaban J connectivity index is 1.23. The molecule has 172 valence electrons. The minimum absolute atomic E-state index is 0.000906. The molecule has 2 aromatic heterocycles. The lowest BCUT2D eigenvalue weighted by molar-refractivity contribution is 0.0690. The second kappa shape index (κ2) is 8.09. The monoisotopic (exact) mass is 470 g/mol. The molecule has 2 fully saturated rings. The fourth-order valence-electron chi connectivity index (χ4n) is 5.31. The van der Waals surface area contributed by atoms with Crippen LogP contribution in [0.2, 0.25) is 0 Å². The summed E-state index contributed by atoms with van der Waals surface area (Å²) in [6.07, 6.45) is 2.88. The Morgan fingerprint density at radius 2 is 2.03 bits per heavy atom. The number of fused-ring (bicyclic) bond motifs is 2. The SMILES string of the molecule is Cc1cccc(-c2sc(C)nc2C(=O)N2C[C@@H]3C[C@@H]3[C@H]2CNC(=O)c2c[nH]c3ccccc23)c1. The molecule has 0 radical (unpaired) electrons. The van der Waals surface area contributed by atoms with E-state index in [0.29, 0.717) is 29.6 Å². The molecule has 7 heteroatoms. The molecule has 6 rings (SSSR count). The second-order valence-corrected chi connectivity index (χ2v) is 10.6. The molecule has 0 unspecified atom stereocenters. The zero-order valence-electron chi connectivity index (χ0n) is 19.2. The number of amides is 2. The maximum atomic E-state index is 13.7. The van der Waals surface area contributed by atoms with E-state index in [1.165, 1.54) is 0 Å². The van der Waals surface area contributed by atoms with E-state index in [1.54, 1.807) is 17.5 Å². The van der Waals surface area contributed by atoms with Gasteiger partial charge < -0.3 is 15.2 Å². The highest BCUT2D eigenvalue weighted by molar-refractivity contribution is 7.15. The Hall–Kier alpha value is -3.45. The van der Waals surface area contributed by atoms with E-state index in [0.717, 1.165) is 44.9 Å². The number of piperidine rings is 1. The standard InChI is InChI=1S/C27H26N4O2S/c1-15-6-5-7-17(10-15)25-24(30-16(2)34-25)27(33)31-14-18-11-20(18)23(31)13-29-26(32)21-12-28-22-9-4-3-8-19(21)22/h3-10,12,18,20,23,28H,11,13-14H2,1-2H3,(H,29,32)/t18-,20-,23+/m0/s1. The van der Waals surface area contributed by atoms with Crippen LogP contribution in [0.5, 0.6) is 0 Å². The Kier molecular flexibility index (Phi) is 5.03. The smallest absolute Gasteiger partial charge is 0.274 e. The van der Waals surface area contributed by atoms with Crippen molar-refractivity contribution in [2.24, 2.45) is 11.8 Å². The van der Waals surface area contributed by atoms with E-state index in [-0.39, 0.29) is 17.9 Å². The van der Waals surface area contributed by atoms with Crippen LogP contribution < -0.4 is 5.32 Å². The number of H-pyrrole nitrogens is 1. The van der Waals surface area contributed by atoms with Gasteiger partial charge in [0.05, 0.1) is 21.5 Å². The Morgan fingerprint density at radius 1 is 1.18 bits per heavy atom. The summed E-state index contributed by atoms with van der Waals surface area (Å²) in [5.41, 5.74) is 4.29. The van der Waals surface area contributed by atoms with Gasteiger partial charge in [-0.3, -0.25) is 9.59 Å². The lowest BCUT2D eigenvalue weighted by atomic mass is 10.1. The molecular weight excluding hydrogens is 444 g/mol. The van der Waals surface area contributed by atoms with Crippen molar-refractivity contribution in [1.82, 2.24) is 20.2 Å². The fourth-order valence-corrected chi connectivity index (χ4v) is 6.22. The first-order chi connectivity index (χ1) is 16.5. The van der Waals surface area contributed by atoms with Gasteiger partial charge in [0.1, 0.15) is 5.69 Å². The van der Waals surface area contributed by atoms with Crippen LogP contribution in [0.3, 0.4) is 0 Å². The topological polar surface area (TPSA) is 78.1 Å². The van der Waals surface area contributed by atoms with Gasteiger partial charge in [-0.1, -0.05) is 48.0 Å². The molecule has 1 aliphatic heterocycles. The molecule has 2 amide bonds. The first kappa shape index (κ1) is 21.1. The third-order valence-electron chi connectivity index (χ3n) is 7.09. The highest BCUT2D eigenvalue weighted by atomic mass is 32.1. The number of carbonyl (C=O) groups excluding carboxylic acids is 2. The summed E-state index contributed by atoms with van der Waals surface area (Å²) < 4.78 is 0. The number of aromatic nitrogens is 2. The minimum Gasteiger partial charge on any atom is -0.360 e. The lowest BCUT2D eigenvalue weighted by Crippen LogP contribution is -2.45. The van der Waals surface area contributed by atoms with E-state index in [2.05, 4.69) is 34.3 Å². The summed E-state index contributed by atoms with van der Waals surface area (Å²) in [4.78, 5) is 37.4. The van der Waals surface area contributed by atoms with E-state index < -0.39 is 0 Å². The maximum absolute atomic E-state index is 13.7. The number of aryl methyl sites for hydroxylation is 2. The number of hydrogen-bond donors (Lipinski definition) is 2. The molecule has 3 atom stereocenters. The Morgan fingerprint density at radius 3 is 2.88 bits per heavy atom. The zero-order valence-corrected chi connectivity index (χ0v) is 20.0. The minimum atomic E-state index is -0.112. The zero-order chi connectivity index (χ0) is 23.4. The van der Waals surface area contributed by atoms with E-state index >= 15 is 0 Å². The van der Waals surface area contributed by atoms with Gasteiger partial charge in [0.15, 0.2) is 0 Å². The molecule has 1 aliphatic carbocycles. The van der Waals surface area contributed by atoms with Crippen LogP contribution in [0, 0.1) is 25.7 Å². The normalized spacial score (nSPS) is 21.0. The molecule has 0 bridgehead atoms. The largest absolute Gasteiger partial charge is 0.360 e. The summed E-state index contributed by atoms with van der Waals surface area (Å²) in [6.45, 7) is 5.19. The number of benzene rings is 2. The van der Waals surface area contributed by atoms with Gasteiger partial charge in [0, 0.05) is 30.2 Å². The van der Waals surface area contributed by atoms with Gasteiger partial charge in [-0.15, -0.1) is 11.3 Å². The fraction of sp³-hybridized carbons (Fsp3) is 0.296. The summed E-state index contributed by atoms with van der Waals surface area (Å²) >= 11 is 1.56. The van der Waals surface area contributed by atoms with Gasteiger partial charge in [0.25, 0.3) is 11.8 Å². The third-order valence-corrected chi connectivity index (χ3v) is 8.11. The van der Waals surface area contributed by atoms with E-state index in [4.69, 9.17) is 0 Å². The van der Waals surface area contributed by atoms with Crippen molar-refractivity contribution < 1.29 is 9.59 Å². The van der Waals surface area contributed by atoms with Crippen molar-refractivity contribution in [3.63, 3.8) is 0 Å². The number of likely N-dealkylation sites (tertiary alicyclic amines) is 1. The highest BCUT2D eigenvalue weighted by Crippen LogP contribution is 2.50. The molecule has 2 N–H and O–H groups in total. The van der Waals surface area contributed by atoms with Crippen molar-refractivity contribution in [3.8, 4) is 10.4 Å². The lowest BCUT2D eigenvalue weighted by Gasteiger charge is -2.27. The van der Waals surface area contributed by atoms with Crippen LogP contribution in [-0.4, -0.2) is 45.8 Å². The maximum Gasteiger partial charge on any atom is 0.274 e. The number of nitrogens with zero attached hydrogens (tertiary/aromatic N) is 2. The number of hydrogen-bond acceptors (Lipinski definition) is 4. The number of rotatable bonds is 5. The molecule has 6 nitrogen and oxygen atoms in total. The summed E-state index contributed by atoms with van der Waals surface area (Å²) in [5, 5.41) is 4.89. The Labute approximate surface area is 202 Å². The van der Waals surface area contributed by atoms with E-state index in [1.807, 2.05) is 48.2 Å². The number of thiazole rings is 1. The predicted molar refractivity (Wildman–Crippen MR) is 134 cm³/mol. The first-order valence-electron chi connectivity index (χ1n) is 11.7. The van der Waals surface area contributed by atoms with Crippen molar-refractivity contribution in [2.75, 3.05) is 13.1 Å². The van der Waals surface area contributed by atoms with Gasteiger partial charge in [-0.25, -0.2) is 4.98 Å². The van der Waals surface area contributed by atoms with Crippen LogP contribution in [0.4, 0.5) is 0 Å². The third kappa shape index (κ3) is 3.60. The molecule has 2 aliphatic rings. The van der Waals surface area contributed by atoms with Crippen molar-refractivity contribution in [1.29, 1.82) is 0 Å². The average molecular weight is 471 g/mol. The van der Waals surface area contributed by atoms with Crippen LogP contribution in [0.25, 0.3) is 21.3 Å². The van der Waals surface area contributed by atoms with Crippen molar-refractivity contribution in [3.05, 3.63) is 76.6 Å². The average Bonchev–Trinajstić information content (AvgIpc) is 3.17. The van der Waals surface area contributed by atoms with E-state index in [9.17, 15) is 9.59 Å². The highest BCUT2D eigenvalue weighted by Gasteiger charge is 2.54. The quantitative estimate of drug-likeness (QED) is 0.440. The molecule has 1 saturated heterocycles. The van der Waals surface area contributed by atoms with Crippen molar-refractivity contribution >= 4 is 34.1 Å². The first-order valence-corrected chi connectivity index (χ1v) is 12.5. The van der Waals surface area contributed by atoms with Crippen molar-refractivity contribution in [2.45, 2.75) is 26.3 Å². The summed E-state index contributed by atoms with van der Waals surface area (Å²) in [6, 6.07) is 16.0. The molecule has 3 heterocycles. The molecule has 4 aromatic rings. The predicted octanol–water partition coefficient (Wildman–Crippen LogP) is 4.80. The van der Waals surface area contributed by atoms with Gasteiger partial charge in [0.2, 0.25) is 0 Å². The molecule has 34 heavy (non-hydrogen) atoms. The Bertz CT molecular complexity index is 1420. The number of para-hydroxylation sites is 1. The number of aromatic amines is 1. The van der Waals surface area contributed by atoms with Gasteiger partial charge in [-0.2, -0.15) is 0 Å². The van der Waals surface area contributed by atoms with Crippen LogP contribution in [-0.2, 0) is 0 Å². The second-order valence-electron chi connectivity index (χ2n) is 9.42. The van der Waals surface area contributed by atoms with Crippen LogP contribution in [0.1, 0.15) is 37.8 Å². The molecule has 1 saturated carbocycles. The molecular formula is C27H26N4O2S. The van der Waals surface area contributed by atoms with Crippen LogP contribution >= 0.6 is 11.3 Å². The molecule has 0 spiro atoms. The van der Waals surface area contributed by atoms with Crippen LogP contribution in [0.15, 0.2) is 54.7 Å². The van der Waals surface area contributed by atoms with Gasteiger partial charge >= 0.3 is 0 Å². The number of carbonyl (C=O) groups is 2. The number of nitrogens with one attached hydrogen (secondary N) is 2. The van der Waals surface area contributed by atoms with Gasteiger partial charge in [-0.05, 0) is 43.7 Å². The molecule has 2 aromatic carbocycles.